The van der Waals surface area contributed by atoms with E-state index in [1.807, 2.05) is 30.3 Å². The molecule has 1 saturated heterocycles. The summed E-state index contributed by atoms with van der Waals surface area (Å²) in [6.07, 6.45) is 0.440. The highest BCUT2D eigenvalue weighted by molar-refractivity contribution is 6.46. The number of carbonyl (C=O) groups is 2. The molecule has 1 aliphatic rings. The zero-order chi connectivity index (χ0) is 23.5. The Kier molecular flexibility index (Phi) is 5.99. The largest absolute Gasteiger partial charge is 0.507 e. The molecule has 0 aromatic heterocycles. The first-order chi connectivity index (χ1) is 15.9. The first kappa shape index (κ1) is 21.9. The smallest absolute Gasteiger partial charge is 0.295 e. The number of hydrogen-bond acceptors (Lipinski definition) is 5. The summed E-state index contributed by atoms with van der Waals surface area (Å²) in [7, 11) is 0. The Bertz CT molecular complexity index is 1260. The van der Waals surface area contributed by atoms with Crippen molar-refractivity contribution in [1.29, 1.82) is 0 Å². The van der Waals surface area contributed by atoms with Gasteiger partial charge in [0.25, 0.3) is 17.4 Å². The number of amides is 1. The van der Waals surface area contributed by atoms with Gasteiger partial charge in [0.2, 0.25) is 0 Å². The van der Waals surface area contributed by atoms with Crippen molar-refractivity contribution in [3.63, 3.8) is 0 Å². The number of Topliss-reactive ketones (excluding diaryl/α,β-unsaturated/α-hetero) is 1. The number of nitro benzene ring substituents is 1. The normalized spacial score (nSPS) is 17.4. The van der Waals surface area contributed by atoms with Crippen LogP contribution in [0.1, 0.15) is 22.7 Å². The Labute approximate surface area is 188 Å². The molecule has 0 aliphatic carbocycles. The van der Waals surface area contributed by atoms with Crippen molar-refractivity contribution in [2.24, 2.45) is 0 Å². The maximum Gasteiger partial charge on any atom is 0.295 e. The number of ketones is 1. The average Bonchev–Trinajstić information content (AvgIpc) is 3.08. The standard InChI is InChI=1S/C25H19FN2O5/c26-19-11-9-17(10-12-19)23(29)21-22(18-7-4-8-20(15-18)28(32)33)27(25(31)24(21)30)14-13-16-5-2-1-3-6-16/h1-12,15,22,29H,13-14H2/b23-21+. The summed E-state index contributed by atoms with van der Waals surface area (Å²) in [6, 6.07) is 18.8. The van der Waals surface area contributed by atoms with Crippen LogP contribution in [-0.2, 0) is 16.0 Å². The first-order valence-corrected chi connectivity index (χ1v) is 10.2. The predicted octanol–water partition coefficient (Wildman–Crippen LogP) is 4.40. The molecule has 8 heteroatoms. The summed E-state index contributed by atoms with van der Waals surface area (Å²) >= 11 is 0. The summed E-state index contributed by atoms with van der Waals surface area (Å²) < 4.78 is 13.4. The van der Waals surface area contributed by atoms with Crippen LogP contribution in [0, 0.1) is 15.9 Å². The predicted molar refractivity (Wildman–Crippen MR) is 119 cm³/mol. The van der Waals surface area contributed by atoms with Gasteiger partial charge in [-0.25, -0.2) is 4.39 Å². The molecule has 166 valence electrons. The zero-order valence-electron chi connectivity index (χ0n) is 17.3. The van der Waals surface area contributed by atoms with E-state index in [0.29, 0.717) is 12.0 Å². The lowest BCUT2D eigenvalue weighted by atomic mass is 9.95. The minimum absolute atomic E-state index is 0.155. The van der Waals surface area contributed by atoms with E-state index < -0.39 is 34.2 Å². The minimum Gasteiger partial charge on any atom is -0.507 e. The summed E-state index contributed by atoms with van der Waals surface area (Å²) in [6.45, 7) is 0.155. The monoisotopic (exact) mass is 446 g/mol. The van der Waals surface area contributed by atoms with E-state index in [-0.39, 0.29) is 23.4 Å². The minimum atomic E-state index is -1.03. The van der Waals surface area contributed by atoms with Gasteiger partial charge in [-0.05, 0) is 41.8 Å². The molecule has 1 fully saturated rings. The highest BCUT2D eigenvalue weighted by atomic mass is 19.1. The SMILES string of the molecule is O=C1C(=O)N(CCc2ccccc2)C(c2cccc([N+](=O)[O-])c2)/C1=C(\O)c1ccc(F)cc1. The second-order valence-electron chi connectivity index (χ2n) is 7.59. The fourth-order valence-corrected chi connectivity index (χ4v) is 3.92. The van der Waals surface area contributed by atoms with Gasteiger partial charge in [-0.3, -0.25) is 19.7 Å². The van der Waals surface area contributed by atoms with E-state index in [1.54, 1.807) is 6.07 Å². The molecule has 0 spiro atoms. The van der Waals surface area contributed by atoms with Crippen LogP contribution in [0.4, 0.5) is 10.1 Å². The number of non-ortho nitro benzene ring substituents is 1. The number of halogens is 1. The lowest BCUT2D eigenvalue weighted by molar-refractivity contribution is -0.384. The zero-order valence-corrected chi connectivity index (χ0v) is 17.3. The van der Waals surface area contributed by atoms with Crippen LogP contribution in [0.5, 0.6) is 0 Å². The number of likely N-dealkylation sites (tertiary alicyclic amines) is 1. The van der Waals surface area contributed by atoms with Crippen LogP contribution in [-0.4, -0.2) is 33.2 Å². The lowest BCUT2D eigenvalue weighted by Crippen LogP contribution is -2.31. The van der Waals surface area contributed by atoms with Gasteiger partial charge in [0.1, 0.15) is 11.6 Å². The summed E-state index contributed by atoms with van der Waals surface area (Å²) in [5.74, 6) is -2.70. The molecule has 0 radical (unpaired) electrons. The topological polar surface area (TPSA) is 101 Å². The summed E-state index contributed by atoms with van der Waals surface area (Å²) in [4.78, 5) is 38.0. The van der Waals surface area contributed by atoms with Crippen molar-refractivity contribution in [2.75, 3.05) is 6.54 Å². The Morgan fingerprint density at radius 1 is 1.00 bits per heavy atom. The van der Waals surface area contributed by atoms with E-state index in [0.717, 1.165) is 17.7 Å². The van der Waals surface area contributed by atoms with Crippen LogP contribution in [0.3, 0.4) is 0 Å². The Morgan fingerprint density at radius 3 is 2.36 bits per heavy atom. The molecular formula is C25H19FN2O5. The highest BCUT2D eigenvalue weighted by Gasteiger charge is 2.46. The van der Waals surface area contributed by atoms with Gasteiger partial charge < -0.3 is 10.0 Å². The molecule has 7 nitrogen and oxygen atoms in total. The molecule has 3 aromatic rings. The van der Waals surface area contributed by atoms with Crippen LogP contribution in [0.15, 0.2) is 84.4 Å². The van der Waals surface area contributed by atoms with E-state index in [2.05, 4.69) is 0 Å². The second-order valence-corrected chi connectivity index (χ2v) is 7.59. The number of benzene rings is 3. The fourth-order valence-electron chi connectivity index (χ4n) is 3.92. The molecule has 0 bridgehead atoms. The number of aliphatic hydroxyl groups is 1. The van der Waals surface area contributed by atoms with E-state index >= 15 is 0 Å². The molecule has 1 atom stereocenters. The van der Waals surface area contributed by atoms with Gasteiger partial charge in [-0.1, -0.05) is 42.5 Å². The van der Waals surface area contributed by atoms with E-state index in [9.17, 15) is 29.2 Å². The van der Waals surface area contributed by atoms with Crippen molar-refractivity contribution in [3.8, 4) is 0 Å². The van der Waals surface area contributed by atoms with Crippen LogP contribution in [0.2, 0.25) is 0 Å². The van der Waals surface area contributed by atoms with Crippen LogP contribution < -0.4 is 0 Å². The summed E-state index contributed by atoms with van der Waals surface area (Å²) in [5.41, 5.74) is 1.02. The Morgan fingerprint density at radius 2 is 1.70 bits per heavy atom. The number of nitro groups is 1. The number of aliphatic hydroxyl groups excluding tert-OH is 1. The molecule has 1 N–H and O–H groups in total. The number of nitrogens with zero attached hydrogens (tertiary/aromatic N) is 2. The van der Waals surface area contributed by atoms with Crippen LogP contribution in [0.25, 0.3) is 5.76 Å². The molecule has 1 unspecified atom stereocenters. The van der Waals surface area contributed by atoms with Crippen LogP contribution >= 0.6 is 0 Å². The van der Waals surface area contributed by atoms with Gasteiger partial charge in [-0.2, -0.15) is 0 Å². The number of rotatable bonds is 6. The second kappa shape index (κ2) is 9.04. The first-order valence-electron chi connectivity index (χ1n) is 10.2. The van der Waals surface area contributed by atoms with Crippen molar-refractivity contribution < 1.29 is 24.0 Å². The number of hydrogen-bond donors (Lipinski definition) is 1. The molecule has 1 aliphatic heterocycles. The van der Waals surface area contributed by atoms with Gasteiger partial charge in [0.05, 0.1) is 16.5 Å². The van der Waals surface area contributed by atoms with Crippen molar-refractivity contribution in [3.05, 3.63) is 117 Å². The fraction of sp³-hybridized carbons (Fsp3) is 0.120. The Balaban J connectivity index is 1.82. The van der Waals surface area contributed by atoms with Gasteiger partial charge in [0, 0.05) is 24.2 Å². The third kappa shape index (κ3) is 4.36. The third-order valence-electron chi connectivity index (χ3n) is 5.54. The van der Waals surface area contributed by atoms with E-state index in [4.69, 9.17) is 0 Å². The van der Waals surface area contributed by atoms with Crippen molar-refractivity contribution in [2.45, 2.75) is 12.5 Å². The molecule has 33 heavy (non-hydrogen) atoms. The van der Waals surface area contributed by atoms with Gasteiger partial charge in [0.15, 0.2) is 0 Å². The van der Waals surface area contributed by atoms with Crippen molar-refractivity contribution in [1.82, 2.24) is 4.90 Å². The molecule has 1 heterocycles. The lowest BCUT2D eigenvalue weighted by Gasteiger charge is -2.25. The highest BCUT2D eigenvalue weighted by Crippen LogP contribution is 2.40. The summed E-state index contributed by atoms with van der Waals surface area (Å²) in [5, 5.41) is 22.3. The maximum atomic E-state index is 13.4. The molecule has 3 aromatic carbocycles. The molecule has 0 saturated carbocycles. The molecule has 1 amide bonds. The molecule has 4 rings (SSSR count). The quantitative estimate of drug-likeness (QED) is 0.199. The van der Waals surface area contributed by atoms with E-state index in [1.165, 1.54) is 35.2 Å². The van der Waals surface area contributed by atoms with Gasteiger partial charge >= 0.3 is 0 Å². The number of carbonyl (C=O) groups excluding carboxylic acids is 2. The van der Waals surface area contributed by atoms with Crippen molar-refractivity contribution >= 4 is 23.1 Å². The molecular weight excluding hydrogens is 427 g/mol. The average molecular weight is 446 g/mol. The third-order valence-corrected chi connectivity index (χ3v) is 5.54. The Hall–Kier alpha value is -4.33. The van der Waals surface area contributed by atoms with Gasteiger partial charge in [-0.15, -0.1) is 0 Å². The maximum absolute atomic E-state index is 13.4.